The molecule has 1 unspecified atom stereocenters. The minimum absolute atomic E-state index is 0.0105. The topological polar surface area (TPSA) is 128 Å². The molecule has 1 atom stereocenters. The number of carbonyl (C=O) groups is 2. The average Bonchev–Trinajstić information content (AvgIpc) is 3.45. The summed E-state index contributed by atoms with van der Waals surface area (Å²) in [6.07, 6.45) is 1.56. The summed E-state index contributed by atoms with van der Waals surface area (Å²) in [7, 11) is 2.40. The third kappa shape index (κ3) is 4.52. The molecule has 0 saturated heterocycles. The van der Waals surface area contributed by atoms with E-state index in [1.54, 1.807) is 73.0 Å². The molecule has 182 valence electrons. The lowest BCUT2D eigenvalue weighted by atomic mass is 9.81. The maximum absolute atomic E-state index is 13.1. The van der Waals surface area contributed by atoms with Crippen LogP contribution in [0.15, 0.2) is 100 Å². The second-order valence-electron chi connectivity index (χ2n) is 7.70. The number of rotatable bonds is 7. The van der Waals surface area contributed by atoms with Gasteiger partial charge >= 0.3 is 11.9 Å². The lowest BCUT2D eigenvalue weighted by Crippen LogP contribution is -2.40. The van der Waals surface area contributed by atoms with Crippen LogP contribution in [-0.4, -0.2) is 26.2 Å². The van der Waals surface area contributed by atoms with E-state index in [2.05, 4.69) is 6.07 Å². The Bertz CT molecular complexity index is 1350. The fraction of sp³-hybridized carbons (Fsp3) is 0.148. The number of nitrogens with zero attached hydrogens (tertiary/aromatic N) is 2. The number of allylic oxidation sites excluding steroid dienone is 1. The van der Waals surface area contributed by atoms with Crippen molar-refractivity contribution in [2.45, 2.75) is 12.5 Å². The van der Waals surface area contributed by atoms with Gasteiger partial charge in [0.15, 0.2) is 0 Å². The number of ether oxygens (including phenoxy) is 3. The van der Waals surface area contributed by atoms with Crippen LogP contribution in [-0.2, 0) is 25.7 Å². The SMILES string of the molecule is COC(=O)C1=C(C(=O)OC)N(c2ccc(OCc3ccco3)cc2)C(N)=C(C#N)C1c1ccccc1. The van der Waals surface area contributed by atoms with Gasteiger partial charge in [0.1, 0.15) is 29.6 Å². The highest BCUT2D eigenvalue weighted by atomic mass is 16.5. The molecule has 2 heterocycles. The standard InChI is InChI=1S/C27H23N3O6/c1-33-26(31)23-22(17-7-4-3-5-8-17)21(15-28)25(29)30(24(23)27(32)34-2)18-10-12-19(13-11-18)36-16-20-9-6-14-35-20/h3-14,22H,16,29H2,1-2H3. The average molecular weight is 485 g/mol. The lowest BCUT2D eigenvalue weighted by molar-refractivity contribution is -0.139. The van der Waals surface area contributed by atoms with Crippen molar-refractivity contribution in [1.82, 2.24) is 0 Å². The van der Waals surface area contributed by atoms with Gasteiger partial charge in [0.2, 0.25) is 0 Å². The van der Waals surface area contributed by atoms with Crippen molar-refractivity contribution < 1.29 is 28.2 Å². The van der Waals surface area contributed by atoms with Crippen LogP contribution < -0.4 is 15.4 Å². The van der Waals surface area contributed by atoms with Crippen molar-refractivity contribution in [2.75, 3.05) is 19.1 Å². The van der Waals surface area contributed by atoms with Gasteiger partial charge in [-0.25, -0.2) is 9.59 Å². The molecule has 0 saturated carbocycles. The Kier molecular flexibility index (Phi) is 7.07. The van der Waals surface area contributed by atoms with Crippen LogP contribution >= 0.6 is 0 Å². The fourth-order valence-corrected chi connectivity index (χ4v) is 4.02. The zero-order chi connectivity index (χ0) is 25.7. The number of hydrogen-bond acceptors (Lipinski definition) is 9. The van der Waals surface area contributed by atoms with E-state index in [0.717, 1.165) is 0 Å². The highest BCUT2D eigenvalue weighted by Gasteiger charge is 2.42. The molecular weight excluding hydrogens is 462 g/mol. The number of esters is 2. The molecule has 0 amide bonds. The summed E-state index contributed by atoms with van der Waals surface area (Å²) in [5, 5.41) is 10.1. The van der Waals surface area contributed by atoms with Crippen molar-refractivity contribution in [3.63, 3.8) is 0 Å². The van der Waals surface area contributed by atoms with Gasteiger partial charge < -0.3 is 24.4 Å². The van der Waals surface area contributed by atoms with Crippen LogP contribution in [0.3, 0.4) is 0 Å². The smallest absolute Gasteiger partial charge is 0.355 e. The maximum Gasteiger partial charge on any atom is 0.355 e. The third-order valence-electron chi connectivity index (χ3n) is 5.67. The van der Waals surface area contributed by atoms with Crippen LogP contribution in [0.2, 0.25) is 0 Å². The van der Waals surface area contributed by atoms with E-state index in [1.165, 1.54) is 19.1 Å². The van der Waals surface area contributed by atoms with Crippen molar-refractivity contribution in [3.8, 4) is 11.8 Å². The summed E-state index contributed by atoms with van der Waals surface area (Å²) in [5.41, 5.74) is 7.39. The van der Waals surface area contributed by atoms with Gasteiger partial charge in [0, 0.05) is 5.69 Å². The first-order valence-corrected chi connectivity index (χ1v) is 10.9. The minimum Gasteiger partial charge on any atom is -0.486 e. The van der Waals surface area contributed by atoms with Crippen LogP contribution in [0.1, 0.15) is 17.2 Å². The number of nitrogens with two attached hydrogens (primary N) is 1. The zero-order valence-electron chi connectivity index (χ0n) is 19.6. The molecule has 0 spiro atoms. The van der Waals surface area contributed by atoms with Gasteiger partial charge in [-0.1, -0.05) is 30.3 Å². The molecule has 2 aromatic carbocycles. The normalized spacial score (nSPS) is 15.4. The van der Waals surface area contributed by atoms with Crippen LogP contribution in [0.4, 0.5) is 5.69 Å². The molecule has 9 nitrogen and oxygen atoms in total. The van der Waals surface area contributed by atoms with E-state index in [1.807, 2.05) is 0 Å². The van der Waals surface area contributed by atoms with Gasteiger partial charge in [0.05, 0.1) is 43.6 Å². The summed E-state index contributed by atoms with van der Waals surface area (Å²) in [6, 6.07) is 21.2. The second kappa shape index (κ2) is 10.5. The van der Waals surface area contributed by atoms with Gasteiger partial charge in [0.25, 0.3) is 0 Å². The quantitative estimate of drug-likeness (QED) is 0.498. The molecule has 0 radical (unpaired) electrons. The maximum atomic E-state index is 13.1. The molecular formula is C27H23N3O6. The number of nitriles is 1. The van der Waals surface area contributed by atoms with Crippen LogP contribution in [0.25, 0.3) is 0 Å². The monoisotopic (exact) mass is 485 g/mol. The van der Waals surface area contributed by atoms with Crippen molar-refractivity contribution in [3.05, 3.63) is 107 Å². The van der Waals surface area contributed by atoms with Gasteiger partial charge in [-0.05, 0) is 42.0 Å². The van der Waals surface area contributed by atoms with Gasteiger partial charge in [-0.3, -0.25) is 4.90 Å². The zero-order valence-corrected chi connectivity index (χ0v) is 19.6. The fourth-order valence-electron chi connectivity index (χ4n) is 4.02. The van der Waals surface area contributed by atoms with Crippen molar-refractivity contribution >= 4 is 17.6 Å². The molecule has 4 rings (SSSR count). The van der Waals surface area contributed by atoms with Crippen molar-refractivity contribution in [2.24, 2.45) is 5.73 Å². The Morgan fingerprint density at radius 2 is 1.69 bits per heavy atom. The number of furan rings is 1. The first-order valence-electron chi connectivity index (χ1n) is 10.9. The highest BCUT2D eigenvalue weighted by molar-refractivity contribution is 6.06. The molecule has 1 aromatic heterocycles. The molecule has 1 aliphatic rings. The summed E-state index contributed by atoms with van der Waals surface area (Å²) >= 11 is 0. The Labute approximate surface area is 207 Å². The number of anilines is 1. The predicted octanol–water partition coefficient (Wildman–Crippen LogP) is 3.76. The molecule has 0 aliphatic carbocycles. The molecule has 1 aliphatic heterocycles. The Morgan fingerprint density at radius 1 is 1.00 bits per heavy atom. The Balaban J connectivity index is 1.83. The predicted molar refractivity (Wildman–Crippen MR) is 129 cm³/mol. The first kappa shape index (κ1) is 24.2. The van der Waals surface area contributed by atoms with Gasteiger partial charge in [-0.2, -0.15) is 5.26 Å². The van der Waals surface area contributed by atoms with E-state index >= 15 is 0 Å². The van der Waals surface area contributed by atoms with E-state index < -0.39 is 17.9 Å². The number of hydrogen-bond donors (Lipinski definition) is 1. The van der Waals surface area contributed by atoms with E-state index in [9.17, 15) is 14.9 Å². The summed E-state index contributed by atoms with van der Waals surface area (Å²) in [5.74, 6) is -1.34. The first-order chi connectivity index (χ1) is 17.5. The van der Waals surface area contributed by atoms with Crippen molar-refractivity contribution in [1.29, 1.82) is 5.26 Å². The highest BCUT2D eigenvalue weighted by Crippen LogP contribution is 2.43. The number of benzene rings is 2. The van der Waals surface area contributed by atoms with E-state index in [4.69, 9.17) is 24.4 Å². The summed E-state index contributed by atoms with van der Waals surface area (Å²) in [4.78, 5) is 27.5. The van der Waals surface area contributed by atoms with E-state index in [-0.39, 0.29) is 29.3 Å². The minimum atomic E-state index is -0.926. The number of methoxy groups -OCH3 is 2. The lowest BCUT2D eigenvalue weighted by Gasteiger charge is -2.35. The molecule has 9 heteroatoms. The molecule has 2 N–H and O–H groups in total. The molecule has 0 fully saturated rings. The van der Waals surface area contributed by atoms with Crippen LogP contribution in [0, 0.1) is 11.3 Å². The molecule has 3 aromatic rings. The molecule has 36 heavy (non-hydrogen) atoms. The van der Waals surface area contributed by atoms with E-state index in [0.29, 0.717) is 22.8 Å². The van der Waals surface area contributed by atoms with Gasteiger partial charge in [-0.15, -0.1) is 0 Å². The Hall–Kier alpha value is -4.97. The second-order valence-corrected chi connectivity index (χ2v) is 7.70. The summed E-state index contributed by atoms with van der Waals surface area (Å²) < 4.78 is 21.1. The Morgan fingerprint density at radius 3 is 2.28 bits per heavy atom. The van der Waals surface area contributed by atoms with Crippen LogP contribution in [0.5, 0.6) is 5.75 Å². The molecule has 0 bridgehead atoms. The largest absolute Gasteiger partial charge is 0.486 e. The third-order valence-corrected chi connectivity index (χ3v) is 5.67. The summed E-state index contributed by atoms with van der Waals surface area (Å²) in [6.45, 7) is 0.231. The number of carbonyl (C=O) groups excluding carboxylic acids is 2.